The third kappa shape index (κ3) is 3.56. The first kappa shape index (κ1) is 17.5. The van der Waals surface area contributed by atoms with E-state index in [4.69, 9.17) is 9.84 Å². The summed E-state index contributed by atoms with van der Waals surface area (Å²) in [5.74, 6) is -2.25. The number of rotatable bonds is 5. The minimum absolute atomic E-state index is 0.0190. The van der Waals surface area contributed by atoms with Crippen LogP contribution in [0.3, 0.4) is 0 Å². The molecule has 0 aromatic heterocycles. The van der Waals surface area contributed by atoms with Crippen LogP contribution in [0.15, 0.2) is 17.7 Å². The Morgan fingerprint density at radius 2 is 2.00 bits per heavy atom. The molecule has 1 aliphatic heterocycles. The van der Waals surface area contributed by atoms with Gasteiger partial charge in [0.05, 0.1) is 12.1 Å². The highest BCUT2D eigenvalue weighted by Crippen LogP contribution is 2.40. The molecule has 0 radical (unpaired) electrons. The van der Waals surface area contributed by atoms with Crippen molar-refractivity contribution in [3.05, 3.63) is 34.4 Å². The summed E-state index contributed by atoms with van der Waals surface area (Å²) in [6.45, 7) is 4.58. The van der Waals surface area contributed by atoms with Crippen molar-refractivity contribution in [3.63, 3.8) is 0 Å². The Kier molecular flexibility index (Phi) is 4.92. The second kappa shape index (κ2) is 6.74. The van der Waals surface area contributed by atoms with Crippen LogP contribution in [0.5, 0.6) is 11.5 Å². The average molecular weight is 333 g/mol. The number of ether oxygens (including phenoxy) is 1. The second-order valence-corrected chi connectivity index (χ2v) is 5.86. The third-order valence-corrected chi connectivity index (χ3v) is 3.62. The molecular formula is C17H19NO6. The number of nitrogens with zero attached hydrogens (tertiary/aromatic N) is 1. The van der Waals surface area contributed by atoms with Crippen molar-refractivity contribution in [1.29, 1.82) is 0 Å². The molecule has 24 heavy (non-hydrogen) atoms. The minimum Gasteiger partial charge on any atom is -0.507 e. The van der Waals surface area contributed by atoms with Crippen LogP contribution >= 0.6 is 0 Å². The van der Waals surface area contributed by atoms with E-state index in [-0.39, 0.29) is 23.6 Å². The second-order valence-electron chi connectivity index (χ2n) is 5.86. The van der Waals surface area contributed by atoms with Gasteiger partial charge in [0.15, 0.2) is 0 Å². The molecule has 0 atom stereocenters. The molecule has 0 saturated heterocycles. The lowest BCUT2D eigenvalue weighted by molar-refractivity contribution is -0.138. The molecule has 128 valence electrons. The van der Waals surface area contributed by atoms with Gasteiger partial charge in [-0.15, -0.1) is 0 Å². The van der Waals surface area contributed by atoms with E-state index in [2.05, 4.69) is 0 Å². The Hall–Kier alpha value is -2.83. The third-order valence-electron chi connectivity index (χ3n) is 3.62. The first-order chi connectivity index (χ1) is 11.2. The summed E-state index contributed by atoms with van der Waals surface area (Å²) in [7, 11) is 0. The van der Waals surface area contributed by atoms with Gasteiger partial charge in [-0.2, -0.15) is 0 Å². The fourth-order valence-electron chi connectivity index (χ4n) is 2.57. The van der Waals surface area contributed by atoms with E-state index in [0.717, 1.165) is 10.5 Å². The van der Waals surface area contributed by atoms with Crippen molar-refractivity contribution in [2.75, 3.05) is 6.54 Å². The molecule has 2 N–H and O–H groups in total. The van der Waals surface area contributed by atoms with Crippen LogP contribution in [0.2, 0.25) is 0 Å². The quantitative estimate of drug-likeness (QED) is 0.484. The van der Waals surface area contributed by atoms with Gasteiger partial charge in [-0.05, 0) is 26.3 Å². The monoisotopic (exact) mass is 333 g/mol. The molecular weight excluding hydrogens is 314 g/mol. The summed E-state index contributed by atoms with van der Waals surface area (Å²) in [5.41, 5.74) is 2.00. The van der Waals surface area contributed by atoms with Gasteiger partial charge in [-0.3, -0.25) is 14.4 Å². The highest BCUT2D eigenvalue weighted by Gasteiger charge is 2.34. The molecule has 0 bridgehead atoms. The number of carboxylic acid groups (broad SMARTS) is 1. The summed E-state index contributed by atoms with van der Waals surface area (Å²) in [5, 5.41) is 19.2. The Morgan fingerprint density at radius 3 is 2.54 bits per heavy atom. The lowest BCUT2D eigenvalue weighted by Crippen LogP contribution is -2.29. The van der Waals surface area contributed by atoms with Crippen molar-refractivity contribution in [2.24, 2.45) is 0 Å². The first-order valence-electron chi connectivity index (χ1n) is 7.41. The van der Waals surface area contributed by atoms with Crippen LogP contribution < -0.4 is 4.74 Å². The number of carbonyl (C=O) groups is 3. The molecule has 1 aromatic rings. The standard InChI is InChI=1S/C17H19NO6/c1-9(2)4-5-11-14(20)6-12-13(16(11)24-10(3)19)7-18(17(12)23)8-15(21)22/h4,6,20H,5,7-8H2,1-3H3,(H,21,22). The van der Waals surface area contributed by atoms with Gasteiger partial charge in [0.1, 0.15) is 18.0 Å². The number of hydrogen-bond donors (Lipinski definition) is 2. The number of carbonyl (C=O) groups excluding carboxylic acids is 2. The molecule has 0 aliphatic carbocycles. The molecule has 0 unspecified atom stereocenters. The number of allylic oxidation sites excluding steroid dienone is 2. The van der Waals surface area contributed by atoms with Crippen molar-refractivity contribution < 1.29 is 29.3 Å². The Morgan fingerprint density at radius 1 is 1.33 bits per heavy atom. The van der Waals surface area contributed by atoms with E-state index < -0.39 is 24.4 Å². The Bertz CT molecular complexity index is 746. The molecule has 1 amide bonds. The maximum absolute atomic E-state index is 12.3. The van der Waals surface area contributed by atoms with Gasteiger partial charge in [0.2, 0.25) is 0 Å². The SMILES string of the molecule is CC(=O)Oc1c(CC=C(C)C)c(O)cc2c1CN(CC(=O)O)C2=O. The average Bonchev–Trinajstić information content (AvgIpc) is 2.74. The summed E-state index contributed by atoms with van der Waals surface area (Å²) in [6.07, 6.45) is 2.19. The van der Waals surface area contributed by atoms with Crippen LogP contribution in [-0.2, 0) is 22.6 Å². The van der Waals surface area contributed by atoms with Gasteiger partial charge in [-0.25, -0.2) is 0 Å². The van der Waals surface area contributed by atoms with E-state index in [9.17, 15) is 19.5 Å². The summed E-state index contributed by atoms with van der Waals surface area (Å²) >= 11 is 0. The van der Waals surface area contributed by atoms with Gasteiger partial charge in [0, 0.05) is 18.1 Å². The normalized spacial score (nSPS) is 12.8. The molecule has 0 spiro atoms. The maximum atomic E-state index is 12.3. The topological polar surface area (TPSA) is 104 Å². The lowest BCUT2D eigenvalue weighted by atomic mass is 10.00. The number of phenolic OH excluding ortho intramolecular Hbond substituents is 1. The van der Waals surface area contributed by atoms with Crippen molar-refractivity contribution >= 4 is 17.8 Å². The Labute approximate surface area is 139 Å². The zero-order chi connectivity index (χ0) is 18.0. The maximum Gasteiger partial charge on any atom is 0.323 e. The molecule has 7 nitrogen and oxygen atoms in total. The zero-order valence-corrected chi connectivity index (χ0v) is 13.8. The molecule has 1 aliphatic rings. The minimum atomic E-state index is -1.14. The smallest absolute Gasteiger partial charge is 0.323 e. The van der Waals surface area contributed by atoms with E-state index in [1.165, 1.54) is 13.0 Å². The number of carboxylic acids is 1. The predicted molar refractivity (Wildman–Crippen MR) is 84.9 cm³/mol. The highest BCUT2D eigenvalue weighted by molar-refractivity contribution is 6.01. The van der Waals surface area contributed by atoms with E-state index in [1.54, 1.807) is 0 Å². The van der Waals surface area contributed by atoms with Gasteiger partial charge in [0.25, 0.3) is 5.91 Å². The van der Waals surface area contributed by atoms with E-state index in [0.29, 0.717) is 17.5 Å². The fourth-order valence-corrected chi connectivity index (χ4v) is 2.57. The van der Waals surface area contributed by atoms with Crippen LogP contribution in [0.4, 0.5) is 0 Å². The molecule has 1 heterocycles. The lowest BCUT2D eigenvalue weighted by Gasteiger charge is -2.14. The van der Waals surface area contributed by atoms with Crippen LogP contribution in [0, 0.1) is 0 Å². The molecule has 0 fully saturated rings. The van der Waals surface area contributed by atoms with Crippen LogP contribution in [-0.4, -0.2) is 39.5 Å². The predicted octanol–water partition coefficient (Wildman–Crippen LogP) is 1.87. The highest BCUT2D eigenvalue weighted by atomic mass is 16.5. The van der Waals surface area contributed by atoms with Crippen molar-refractivity contribution in [3.8, 4) is 11.5 Å². The number of esters is 1. The van der Waals surface area contributed by atoms with Gasteiger partial charge < -0.3 is 19.8 Å². The Balaban J connectivity index is 2.54. The van der Waals surface area contributed by atoms with Gasteiger partial charge >= 0.3 is 11.9 Å². The number of aromatic hydroxyl groups is 1. The van der Waals surface area contributed by atoms with E-state index in [1.807, 2.05) is 19.9 Å². The number of benzene rings is 1. The summed E-state index contributed by atoms with van der Waals surface area (Å²) < 4.78 is 5.25. The number of aliphatic carboxylic acids is 1. The fraction of sp³-hybridized carbons (Fsp3) is 0.353. The largest absolute Gasteiger partial charge is 0.507 e. The van der Waals surface area contributed by atoms with Crippen LogP contribution in [0.25, 0.3) is 0 Å². The number of fused-ring (bicyclic) bond motifs is 1. The molecule has 7 heteroatoms. The number of hydrogen-bond acceptors (Lipinski definition) is 5. The first-order valence-corrected chi connectivity index (χ1v) is 7.41. The summed E-state index contributed by atoms with van der Waals surface area (Å²) in [6, 6.07) is 1.31. The number of phenols is 1. The van der Waals surface area contributed by atoms with E-state index >= 15 is 0 Å². The molecule has 0 saturated carbocycles. The molecule has 1 aromatic carbocycles. The zero-order valence-electron chi connectivity index (χ0n) is 13.8. The number of amides is 1. The van der Waals surface area contributed by atoms with Crippen LogP contribution in [0.1, 0.15) is 42.3 Å². The summed E-state index contributed by atoms with van der Waals surface area (Å²) in [4.78, 5) is 35.8. The van der Waals surface area contributed by atoms with Crippen molar-refractivity contribution in [2.45, 2.75) is 33.7 Å². The van der Waals surface area contributed by atoms with Gasteiger partial charge in [-0.1, -0.05) is 11.6 Å². The molecule has 2 rings (SSSR count). The van der Waals surface area contributed by atoms with Crippen molar-refractivity contribution in [1.82, 2.24) is 4.90 Å².